The van der Waals surface area contributed by atoms with Gasteiger partial charge in [-0.25, -0.2) is 9.78 Å². The molecule has 0 amide bonds. The highest BCUT2D eigenvalue weighted by molar-refractivity contribution is 7.09. The van der Waals surface area contributed by atoms with Crippen molar-refractivity contribution in [2.24, 2.45) is 0 Å². The van der Waals surface area contributed by atoms with Gasteiger partial charge in [-0.05, 0) is 43.7 Å². The van der Waals surface area contributed by atoms with E-state index in [1.54, 1.807) is 49.8 Å². The van der Waals surface area contributed by atoms with Gasteiger partial charge in [0.2, 0.25) is 0 Å². The van der Waals surface area contributed by atoms with Crippen LogP contribution in [-0.4, -0.2) is 32.3 Å². The van der Waals surface area contributed by atoms with Crippen LogP contribution in [0.1, 0.15) is 33.5 Å². The standard InChI is InChI=1S/C23H19F3N4O2S/c1-3-32-22(31)17-10-28-30(11-17)12-21-29-20(13-33-21)16-7-15(8-18(9-16)23(24,25)26)19-5-4-6-27-14(19)2/h4-11,13H,3,12H2,1-2H3. The summed E-state index contributed by atoms with van der Waals surface area (Å²) < 4.78 is 47.3. The summed E-state index contributed by atoms with van der Waals surface area (Å²) >= 11 is 1.30. The molecule has 0 aliphatic rings. The molecule has 4 aromatic rings. The van der Waals surface area contributed by atoms with Crippen molar-refractivity contribution >= 4 is 17.3 Å². The Morgan fingerprint density at radius 2 is 2.00 bits per heavy atom. The van der Waals surface area contributed by atoms with Gasteiger partial charge in [-0.2, -0.15) is 18.3 Å². The number of pyridine rings is 1. The number of halogens is 3. The number of hydrogen-bond donors (Lipinski definition) is 0. The molecule has 4 rings (SSSR count). The fourth-order valence-electron chi connectivity index (χ4n) is 3.31. The minimum Gasteiger partial charge on any atom is -0.462 e. The monoisotopic (exact) mass is 472 g/mol. The molecule has 3 aromatic heterocycles. The molecule has 0 aliphatic heterocycles. The first-order valence-electron chi connectivity index (χ1n) is 10.0. The van der Waals surface area contributed by atoms with Crippen LogP contribution in [0.25, 0.3) is 22.4 Å². The van der Waals surface area contributed by atoms with Gasteiger partial charge in [-0.3, -0.25) is 9.67 Å². The smallest absolute Gasteiger partial charge is 0.416 e. The Morgan fingerprint density at radius 3 is 2.73 bits per heavy atom. The van der Waals surface area contributed by atoms with Crippen LogP contribution in [0.2, 0.25) is 0 Å². The maximum Gasteiger partial charge on any atom is 0.416 e. The van der Waals surface area contributed by atoms with Crippen LogP contribution in [0, 0.1) is 6.92 Å². The van der Waals surface area contributed by atoms with Gasteiger partial charge in [0, 0.05) is 34.6 Å². The summed E-state index contributed by atoms with van der Waals surface area (Å²) in [6.45, 7) is 4.01. The Morgan fingerprint density at radius 1 is 1.21 bits per heavy atom. The summed E-state index contributed by atoms with van der Waals surface area (Å²) in [5.41, 5.74) is 2.05. The van der Waals surface area contributed by atoms with Gasteiger partial charge >= 0.3 is 12.1 Å². The lowest BCUT2D eigenvalue weighted by molar-refractivity contribution is -0.137. The quantitative estimate of drug-likeness (QED) is 0.341. The molecule has 0 N–H and O–H groups in total. The van der Waals surface area contributed by atoms with E-state index in [4.69, 9.17) is 4.74 Å². The number of esters is 1. The third-order valence-electron chi connectivity index (χ3n) is 4.87. The fourth-order valence-corrected chi connectivity index (χ4v) is 4.10. The summed E-state index contributed by atoms with van der Waals surface area (Å²) in [5, 5.41) is 6.48. The molecule has 6 nitrogen and oxygen atoms in total. The number of rotatable bonds is 6. The highest BCUT2D eigenvalue weighted by atomic mass is 32.1. The summed E-state index contributed by atoms with van der Waals surface area (Å²) in [7, 11) is 0. The van der Waals surface area contributed by atoms with E-state index in [1.807, 2.05) is 0 Å². The molecule has 0 saturated heterocycles. The highest BCUT2D eigenvalue weighted by Crippen LogP contribution is 2.37. The second-order valence-corrected chi connectivity index (χ2v) is 8.15. The molecule has 0 saturated carbocycles. The third-order valence-corrected chi connectivity index (χ3v) is 5.70. The van der Waals surface area contributed by atoms with Crippen molar-refractivity contribution in [3.8, 4) is 22.4 Å². The Labute approximate surface area is 191 Å². The molecule has 0 unspecified atom stereocenters. The normalized spacial score (nSPS) is 11.5. The zero-order chi connectivity index (χ0) is 23.6. The predicted octanol–water partition coefficient (Wildman–Crippen LogP) is 5.62. The number of carbonyl (C=O) groups excluding carboxylic acids is 1. The number of carbonyl (C=O) groups is 1. The van der Waals surface area contributed by atoms with Crippen LogP contribution < -0.4 is 0 Å². The largest absolute Gasteiger partial charge is 0.462 e. The SMILES string of the molecule is CCOC(=O)c1cnn(Cc2nc(-c3cc(-c4cccnc4C)cc(C(F)(F)F)c3)cs2)c1. The second kappa shape index (κ2) is 9.14. The van der Waals surface area contributed by atoms with Crippen molar-refractivity contribution in [3.63, 3.8) is 0 Å². The summed E-state index contributed by atoms with van der Waals surface area (Å²) in [6.07, 6.45) is 0.0510. The highest BCUT2D eigenvalue weighted by Gasteiger charge is 2.31. The molecule has 0 atom stereocenters. The molecular weight excluding hydrogens is 453 g/mol. The number of hydrogen-bond acceptors (Lipinski definition) is 6. The van der Waals surface area contributed by atoms with Crippen LogP contribution in [0.5, 0.6) is 0 Å². The average Bonchev–Trinajstić information content (AvgIpc) is 3.44. The Balaban J connectivity index is 1.65. The predicted molar refractivity (Wildman–Crippen MR) is 118 cm³/mol. The lowest BCUT2D eigenvalue weighted by Gasteiger charge is -2.13. The lowest BCUT2D eigenvalue weighted by Crippen LogP contribution is -2.06. The zero-order valence-electron chi connectivity index (χ0n) is 17.8. The van der Waals surface area contributed by atoms with Crippen molar-refractivity contribution < 1.29 is 22.7 Å². The molecular formula is C23H19F3N4O2S. The number of benzene rings is 1. The Bertz CT molecular complexity index is 1300. The van der Waals surface area contributed by atoms with Crippen LogP contribution in [0.4, 0.5) is 13.2 Å². The van der Waals surface area contributed by atoms with Crippen LogP contribution >= 0.6 is 11.3 Å². The van der Waals surface area contributed by atoms with E-state index in [2.05, 4.69) is 15.1 Å². The number of thiazole rings is 1. The fraction of sp³-hybridized carbons (Fsp3) is 0.217. The van der Waals surface area contributed by atoms with E-state index in [-0.39, 0.29) is 13.2 Å². The van der Waals surface area contributed by atoms with E-state index in [0.717, 1.165) is 12.1 Å². The van der Waals surface area contributed by atoms with E-state index < -0.39 is 17.7 Å². The second-order valence-electron chi connectivity index (χ2n) is 7.21. The van der Waals surface area contributed by atoms with Crippen molar-refractivity contribution in [2.45, 2.75) is 26.6 Å². The number of nitrogens with zero attached hydrogens (tertiary/aromatic N) is 4. The average molecular weight is 472 g/mol. The van der Waals surface area contributed by atoms with E-state index in [9.17, 15) is 18.0 Å². The zero-order valence-corrected chi connectivity index (χ0v) is 18.6. The molecule has 3 heterocycles. The third kappa shape index (κ3) is 5.11. The maximum absolute atomic E-state index is 13.6. The molecule has 10 heteroatoms. The lowest BCUT2D eigenvalue weighted by atomic mass is 9.97. The van der Waals surface area contributed by atoms with Gasteiger partial charge in [0.25, 0.3) is 0 Å². The molecule has 1 aromatic carbocycles. The summed E-state index contributed by atoms with van der Waals surface area (Å²) in [5.74, 6) is -0.467. The van der Waals surface area contributed by atoms with E-state index in [0.29, 0.717) is 38.6 Å². The molecule has 0 aliphatic carbocycles. The van der Waals surface area contributed by atoms with Gasteiger partial charge in [0.15, 0.2) is 0 Å². The van der Waals surface area contributed by atoms with Crippen molar-refractivity contribution in [1.82, 2.24) is 19.7 Å². The summed E-state index contributed by atoms with van der Waals surface area (Å²) in [6, 6.07) is 7.35. The van der Waals surface area contributed by atoms with Gasteiger partial charge in [0.1, 0.15) is 5.01 Å². The van der Waals surface area contributed by atoms with Gasteiger partial charge < -0.3 is 4.74 Å². The molecule has 0 spiro atoms. The van der Waals surface area contributed by atoms with Crippen LogP contribution in [0.3, 0.4) is 0 Å². The van der Waals surface area contributed by atoms with Gasteiger partial charge in [0.05, 0.1) is 36.2 Å². The maximum atomic E-state index is 13.6. The van der Waals surface area contributed by atoms with Crippen LogP contribution in [-0.2, 0) is 17.5 Å². The number of ether oxygens (including phenoxy) is 1. The minimum atomic E-state index is -4.50. The molecule has 33 heavy (non-hydrogen) atoms. The van der Waals surface area contributed by atoms with Crippen molar-refractivity contribution in [1.29, 1.82) is 0 Å². The Hall–Kier alpha value is -3.53. The topological polar surface area (TPSA) is 69.9 Å². The first kappa shape index (κ1) is 22.7. The number of aryl methyl sites for hydroxylation is 1. The molecule has 0 radical (unpaired) electrons. The van der Waals surface area contributed by atoms with Crippen molar-refractivity contribution in [2.75, 3.05) is 6.61 Å². The van der Waals surface area contributed by atoms with Gasteiger partial charge in [-0.1, -0.05) is 6.07 Å². The molecule has 0 fully saturated rings. The van der Waals surface area contributed by atoms with Crippen LogP contribution in [0.15, 0.2) is 54.3 Å². The Kier molecular flexibility index (Phi) is 6.28. The first-order valence-corrected chi connectivity index (χ1v) is 10.9. The first-order chi connectivity index (χ1) is 15.7. The molecule has 170 valence electrons. The van der Waals surface area contributed by atoms with Gasteiger partial charge in [-0.15, -0.1) is 11.3 Å². The van der Waals surface area contributed by atoms with E-state index >= 15 is 0 Å². The number of aromatic nitrogens is 4. The molecule has 0 bridgehead atoms. The van der Waals surface area contributed by atoms with E-state index in [1.165, 1.54) is 22.2 Å². The summed E-state index contributed by atoms with van der Waals surface area (Å²) in [4.78, 5) is 20.5. The van der Waals surface area contributed by atoms with Crippen molar-refractivity contribution in [3.05, 3.63) is 76.1 Å². The minimum absolute atomic E-state index is 0.261. The number of alkyl halides is 3.